The van der Waals surface area contributed by atoms with Gasteiger partial charge >= 0.3 is 5.97 Å². The van der Waals surface area contributed by atoms with Crippen LogP contribution in [0, 0.1) is 5.41 Å². The molecule has 1 fully saturated rings. The van der Waals surface area contributed by atoms with E-state index in [0.29, 0.717) is 32.7 Å². The van der Waals surface area contributed by atoms with Crippen molar-refractivity contribution in [2.75, 3.05) is 33.0 Å². The van der Waals surface area contributed by atoms with Crippen LogP contribution in [0.15, 0.2) is 0 Å². The van der Waals surface area contributed by atoms with Gasteiger partial charge in [-0.05, 0) is 19.8 Å². The molecule has 0 atom stereocenters. The second-order valence-corrected chi connectivity index (χ2v) is 4.11. The summed E-state index contributed by atoms with van der Waals surface area (Å²) >= 11 is 0. The van der Waals surface area contributed by atoms with Crippen LogP contribution in [-0.2, 0) is 19.1 Å². The number of hydrogen-bond donors (Lipinski definition) is 2. The molecule has 0 unspecified atom stereocenters. The van der Waals surface area contributed by atoms with Crippen molar-refractivity contribution in [2.45, 2.75) is 19.8 Å². The second-order valence-electron chi connectivity index (χ2n) is 4.11. The number of hydrogen-bond acceptors (Lipinski definition) is 4. The van der Waals surface area contributed by atoms with Crippen LogP contribution in [0.4, 0.5) is 0 Å². The Morgan fingerprint density at radius 1 is 1.41 bits per heavy atom. The molecule has 1 amide bonds. The lowest BCUT2D eigenvalue weighted by Gasteiger charge is -2.33. The van der Waals surface area contributed by atoms with Crippen LogP contribution in [0.5, 0.6) is 0 Å². The Kier molecular flexibility index (Phi) is 5.37. The molecular formula is C11H19NO5. The molecule has 0 saturated carbocycles. The van der Waals surface area contributed by atoms with Gasteiger partial charge < -0.3 is 19.9 Å². The van der Waals surface area contributed by atoms with E-state index in [1.165, 1.54) is 0 Å². The minimum Gasteiger partial charge on any atom is -0.481 e. The lowest BCUT2D eigenvalue weighted by atomic mass is 9.80. The molecule has 0 radical (unpaired) electrons. The van der Waals surface area contributed by atoms with Crippen molar-refractivity contribution in [3.63, 3.8) is 0 Å². The van der Waals surface area contributed by atoms with Crippen LogP contribution in [0.25, 0.3) is 0 Å². The largest absolute Gasteiger partial charge is 0.481 e. The molecule has 2 N–H and O–H groups in total. The molecule has 17 heavy (non-hydrogen) atoms. The van der Waals surface area contributed by atoms with Gasteiger partial charge in [-0.3, -0.25) is 9.59 Å². The first-order chi connectivity index (χ1) is 8.10. The zero-order chi connectivity index (χ0) is 12.7. The number of rotatable bonds is 6. The monoisotopic (exact) mass is 245 g/mol. The van der Waals surface area contributed by atoms with Crippen molar-refractivity contribution >= 4 is 11.9 Å². The molecule has 0 aromatic rings. The Hall–Kier alpha value is -1.14. The van der Waals surface area contributed by atoms with Crippen molar-refractivity contribution < 1.29 is 24.2 Å². The molecule has 1 heterocycles. The Morgan fingerprint density at radius 3 is 2.59 bits per heavy atom. The SMILES string of the molecule is CCOCC(=O)NCC1(C(=O)O)CCOCC1. The minimum atomic E-state index is -0.889. The summed E-state index contributed by atoms with van der Waals surface area (Å²) in [5, 5.41) is 11.8. The van der Waals surface area contributed by atoms with Crippen molar-refractivity contribution in [3.05, 3.63) is 0 Å². The second kappa shape index (κ2) is 6.56. The van der Waals surface area contributed by atoms with E-state index < -0.39 is 11.4 Å². The first kappa shape index (κ1) is 13.9. The summed E-state index contributed by atoms with van der Waals surface area (Å²) in [4.78, 5) is 22.6. The van der Waals surface area contributed by atoms with Crippen LogP contribution in [0.1, 0.15) is 19.8 Å². The predicted molar refractivity (Wildman–Crippen MR) is 59.6 cm³/mol. The van der Waals surface area contributed by atoms with Gasteiger partial charge in [0.1, 0.15) is 6.61 Å². The van der Waals surface area contributed by atoms with Crippen molar-refractivity contribution in [2.24, 2.45) is 5.41 Å². The summed E-state index contributed by atoms with van der Waals surface area (Å²) in [5.74, 6) is -1.16. The minimum absolute atomic E-state index is 0.0251. The normalized spacial score (nSPS) is 18.6. The zero-order valence-electron chi connectivity index (χ0n) is 10.0. The molecule has 98 valence electrons. The lowest BCUT2D eigenvalue weighted by Crippen LogP contribution is -2.47. The van der Waals surface area contributed by atoms with E-state index in [1.807, 2.05) is 0 Å². The van der Waals surface area contributed by atoms with Gasteiger partial charge in [0.2, 0.25) is 5.91 Å². The maximum atomic E-state index is 11.3. The molecule has 1 saturated heterocycles. The fourth-order valence-electron chi connectivity index (χ4n) is 1.74. The van der Waals surface area contributed by atoms with Gasteiger partial charge in [-0.25, -0.2) is 0 Å². The number of carbonyl (C=O) groups excluding carboxylic acids is 1. The smallest absolute Gasteiger partial charge is 0.311 e. The summed E-state index contributed by atoms with van der Waals surface area (Å²) in [7, 11) is 0. The summed E-state index contributed by atoms with van der Waals surface area (Å²) in [5.41, 5.74) is -0.889. The van der Waals surface area contributed by atoms with Gasteiger partial charge in [0.25, 0.3) is 0 Å². The summed E-state index contributed by atoms with van der Waals surface area (Å²) in [6.45, 7) is 3.22. The van der Waals surface area contributed by atoms with Crippen LogP contribution in [0.2, 0.25) is 0 Å². The van der Waals surface area contributed by atoms with E-state index in [0.717, 1.165) is 0 Å². The van der Waals surface area contributed by atoms with E-state index in [9.17, 15) is 14.7 Å². The van der Waals surface area contributed by atoms with E-state index in [2.05, 4.69) is 5.32 Å². The highest BCUT2D eigenvalue weighted by Gasteiger charge is 2.40. The predicted octanol–water partition coefficient (Wildman–Crippen LogP) is 0.0205. The topological polar surface area (TPSA) is 84.9 Å². The van der Waals surface area contributed by atoms with Crippen LogP contribution in [0.3, 0.4) is 0 Å². The van der Waals surface area contributed by atoms with Gasteiger partial charge in [0.05, 0.1) is 5.41 Å². The Bertz CT molecular complexity index is 273. The molecule has 0 spiro atoms. The van der Waals surface area contributed by atoms with Gasteiger partial charge in [-0.15, -0.1) is 0 Å². The third-order valence-corrected chi connectivity index (χ3v) is 2.96. The molecule has 6 nitrogen and oxygen atoms in total. The van der Waals surface area contributed by atoms with Crippen LogP contribution in [-0.4, -0.2) is 50.0 Å². The summed E-state index contributed by atoms with van der Waals surface area (Å²) in [6, 6.07) is 0. The Morgan fingerprint density at radius 2 is 2.06 bits per heavy atom. The first-order valence-corrected chi connectivity index (χ1v) is 5.76. The van der Waals surface area contributed by atoms with Crippen LogP contribution < -0.4 is 5.32 Å². The molecule has 0 aromatic carbocycles. The zero-order valence-corrected chi connectivity index (χ0v) is 10.0. The maximum absolute atomic E-state index is 11.3. The third kappa shape index (κ3) is 3.98. The average Bonchev–Trinajstić information content (AvgIpc) is 2.34. The molecule has 0 bridgehead atoms. The Balaban J connectivity index is 2.44. The molecule has 0 aliphatic carbocycles. The maximum Gasteiger partial charge on any atom is 0.311 e. The van der Waals surface area contributed by atoms with Crippen molar-refractivity contribution in [1.29, 1.82) is 0 Å². The number of amides is 1. The number of carboxylic acids is 1. The molecule has 1 aliphatic rings. The number of carbonyl (C=O) groups is 2. The highest BCUT2D eigenvalue weighted by Crippen LogP contribution is 2.29. The number of nitrogens with one attached hydrogen (secondary N) is 1. The van der Waals surface area contributed by atoms with Crippen molar-refractivity contribution in [1.82, 2.24) is 5.32 Å². The highest BCUT2D eigenvalue weighted by molar-refractivity contribution is 5.79. The quantitative estimate of drug-likeness (QED) is 0.689. The molecule has 1 aliphatic heterocycles. The molecule has 0 aromatic heterocycles. The molecular weight excluding hydrogens is 226 g/mol. The standard InChI is InChI=1S/C11H19NO5/c1-2-16-7-9(13)12-8-11(10(14)15)3-5-17-6-4-11/h2-8H2,1H3,(H,12,13)(H,14,15). The first-order valence-electron chi connectivity index (χ1n) is 5.76. The van der Waals surface area contributed by atoms with Gasteiger partial charge in [-0.2, -0.15) is 0 Å². The number of carboxylic acid groups (broad SMARTS) is 1. The lowest BCUT2D eigenvalue weighted by molar-refractivity contribution is -0.154. The fourth-order valence-corrected chi connectivity index (χ4v) is 1.74. The summed E-state index contributed by atoms with van der Waals surface area (Å²) < 4.78 is 10.1. The molecule has 1 rings (SSSR count). The van der Waals surface area contributed by atoms with Crippen molar-refractivity contribution in [3.8, 4) is 0 Å². The van der Waals surface area contributed by atoms with Gasteiger partial charge in [0.15, 0.2) is 0 Å². The summed E-state index contributed by atoms with van der Waals surface area (Å²) in [6.07, 6.45) is 0.856. The Labute approximate surface area is 100 Å². The highest BCUT2D eigenvalue weighted by atomic mass is 16.5. The third-order valence-electron chi connectivity index (χ3n) is 2.96. The van der Waals surface area contributed by atoms with E-state index in [1.54, 1.807) is 6.92 Å². The molecule has 6 heteroatoms. The fraction of sp³-hybridized carbons (Fsp3) is 0.818. The van der Waals surface area contributed by atoms with E-state index in [-0.39, 0.29) is 19.1 Å². The average molecular weight is 245 g/mol. The van der Waals surface area contributed by atoms with Gasteiger partial charge in [-0.1, -0.05) is 0 Å². The van der Waals surface area contributed by atoms with Crippen LogP contribution >= 0.6 is 0 Å². The van der Waals surface area contributed by atoms with Gasteiger partial charge in [0, 0.05) is 26.4 Å². The van der Waals surface area contributed by atoms with E-state index in [4.69, 9.17) is 9.47 Å². The number of ether oxygens (including phenoxy) is 2. The number of aliphatic carboxylic acids is 1. The van der Waals surface area contributed by atoms with E-state index >= 15 is 0 Å².